The summed E-state index contributed by atoms with van der Waals surface area (Å²) in [6.07, 6.45) is 1.66. The summed E-state index contributed by atoms with van der Waals surface area (Å²) in [4.78, 5) is 9.58. The highest BCUT2D eigenvalue weighted by atomic mass is 16.5. The van der Waals surface area contributed by atoms with Crippen molar-refractivity contribution in [2.75, 3.05) is 7.11 Å². The molecule has 0 radical (unpaired) electrons. The molecule has 0 aliphatic rings. The monoisotopic (exact) mass is 237 g/mol. The summed E-state index contributed by atoms with van der Waals surface area (Å²) < 4.78 is 4.65. The maximum absolute atomic E-state index is 9.58. The Bertz CT molecular complexity index is 288. The predicted molar refractivity (Wildman–Crippen MR) is 70.8 cm³/mol. The first kappa shape index (κ1) is 15.7. The van der Waals surface area contributed by atoms with Gasteiger partial charge in [-0.05, 0) is 24.8 Å². The van der Waals surface area contributed by atoms with Crippen LogP contribution in [0.25, 0.3) is 0 Å². The van der Waals surface area contributed by atoms with Crippen molar-refractivity contribution < 1.29 is 9.53 Å². The molecule has 0 saturated heterocycles. The molecule has 1 aromatic carbocycles. The van der Waals surface area contributed by atoms with Crippen LogP contribution >= 0.6 is 0 Å². The molecule has 0 spiro atoms. The maximum atomic E-state index is 9.58. The number of rotatable bonds is 5. The summed E-state index contributed by atoms with van der Waals surface area (Å²) in [6, 6.07) is 10.6. The molecule has 3 heteroatoms. The number of hydrogen-bond donors (Lipinski definition) is 1. The second kappa shape index (κ2) is 9.85. The van der Waals surface area contributed by atoms with Gasteiger partial charge < -0.3 is 10.1 Å². The number of ether oxygens (including phenoxy) is 1. The highest BCUT2D eigenvalue weighted by molar-refractivity contribution is 5.45. The fourth-order valence-corrected chi connectivity index (χ4v) is 1.18. The van der Waals surface area contributed by atoms with Crippen LogP contribution in [0.3, 0.4) is 0 Å². The summed E-state index contributed by atoms with van der Waals surface area (Å²) in [7, 11) is 1.53. The van der Waals surface area contributed by atoms with Crippen molar-refractivity contribution >= 4 is 6.41 Å². The van der Waals surface area contributed by atoms with Gasteiger partial charge in [-0.25, -0.2) is 0 Å². The van der Waals surface area contributed by atoms with Crippen LogP contribution < -0.4 is 5.32 Å². The van der Waals surface area contributed by atoms with Crippen molar-refractivity contribution in [3.63, 3.8) is 0 Å². The minimum atomic E-state index is -0.169. The Hall–Kier alpha value is -1.35. The van der Waals surface area contributed by atoms with E-state index in [9.17, 15) is 4.79 Å². The Balaban J connectivity index is 0.000000325. The molecule has 2 atom stereocenters. The molecule has 0 bridgehead atoms. The first-order valence-electron chi connectivity index (χ1n) is 5.93. The minimum absolute atomic E-state index is 0.169. The van der Waals surface area contributed by atoms with Crippen LogP contribution in [-0.4, -0.2) is 19.7 Å². The Kier molecular flexibility index (Phi) is 9.06. The quantitative estimate of drug-likeness (QED) is 0.631. The topological polar surface area (TPSA) is 38.3 Å². The van der Waals surface area contributed by atoms with E-state index in [1.807, 2.05) is 0 Å². The second-order valence-electron chi connectivity index (χ2n) is 3.88. The van der Waals surface area contributed by atoms with Gasteiger partial charge in [0.1, 0.15) is 6.23 Å². The van der Waals surface area contributed by atoms with E-state index in [0.29, 0.717) is 12.3 Å². The Morgan fingerprint density at radius 2 is 1.88 bits per heavy atom. The zero-order valence-corrected chi connectivity index (χ0v) is 11.1. The fraction of sp³-hybridized carbons (Fsp3) is 0.500. The van der Waals surface area contributed by atoms with Crippen molar-refractivity contribution in [3.05, 3.63) is 35.9 Å². The fourth-order valence-electron chi connectivity index (χ4n) is 1.18. The lowest BCUT2D eigenvalue weighted by Crippen LogP contribution is -2.25. The van der Waals surface area contributed by atoms with Gasteiger partial charge in [-0.3, -0.25) is 4.79 Å². The van der Waals surface area contributed by atoms with Gasteiger partial charge in [-0.15, -0.1) is 0 Å². The Morgan fingerprint density at radius 1 is 1.29 bits per heavy atom. The molecule has 3 nitrogen and oxygen atoms in total. The summed E-state index contributed by atoms with van der Waals surface area (Å²) >= 11 is 0. The normalized spacial score (nSPS) is 12.9. The summed E-state index contributed by atoms with van der Waals surface area (Å²) in [5.74, 6) is 0.709. The first-order valence-corrected chi connectivity index (χ1v) is 5.93. The third kappa shape index (κ3) is 7.53. The van der Waals surface area contributed by atoms with Crippen LogP contribution in [0.1, 0.15) is 38.7 Å². The molecule has 2 unspecified atom stereocenters. The molecule has 1 N–H and O–H groups in total. The van der Waals surface area contributed by atoms with Crippen LogP contribution in [0, 0.1) is 0 Å². The van der Waals surface area contributed by atoms with E-state index in [4.69, 9.17) is 0 Å². The van der Waals surface area contributed by atoms with Crippen LogP contribution in [0.15, 0.2) is 30.3 Å². The third-order valence-corrected chi connectivity index (χ3v) is 2.64. The number of nitrogens with one attached hydrogen (secondary N) is 1. The van der Waals surface area contributed by atoms with Gasteiger partial charge >= 0.3 is 0 Å². The van der Waals surface area contributed by atoms with Gasteiger partial charge in [0.05, 0.1) is 0 Å². The minimum Gasteiger partial charge on any atom is -0.362 e. The van der Waals surface area contributed by atoms with Gasteiger partial charge in [-0.1, -0.05) is 44.2 Å². The molecule has 1 amide bonds. The van der Waals surface area contributed by atoms with Crippen molar-refractivity contribution in [2.45, 2.75) is 39.3 Å². The average molecular weight is 237 g/mol. The van der Waals surface area contributed by atoms with Crippen LogP contribution in [0.5, 0.6) is 0 Å². The number of methoxy groups -OCH3 is 1. The van der Waals surface area contributed by atoms with Crippen LogP contribution in [-0.2, 0) is 9.53 Å². The third-order valence-electron chi connectivity index (χ3n) is 2.64. The molecule has 0 saturated carbocycles. The molecule has 0 aliphatic carbocycles. The number of carbonyl (C=O) groups excluding carboxylic acids is 1. The lowest BCUT2D eigenvalue weighted by molar-refractivity contribution is -0.112. The van der Waals surface area contributed by atoms with Crippen LogP contribution in [0.4, 0.5) is 0 Å². The van der Waals surface area contributed by atoms with E-state index in [2.05, 4.69) is 54.2 Å². The molecule has 0 fully saturated rings. The largest absolute Gasteiger partial charge is 0.362 e. The van der Waals surface area contributed by atoms with Crippen molar-refractivity contribution in [1.82, 2.24) is 5.32 Å². The zero-order chi connectivity index (χ0) is 13.1. The van der Waals surface area contributed by atoms with E-state index in [-0.39, 0.29) is 6.23 Å². The summed E-state index contributed by atoms with van der Waals surface area (Å²) in [6.45, 7) is 6.22. The van der Waals surface area contributed by atoms with Crippen molar-refractivity contribution in [3.8, 4) is 0 Å². The molecular formula is C14H23NO2. The zero-order valence-electron chi connectivity index (χ0n) is 11.1. The maximum Gasteiger partial charge on any atom is 0.209 e. The lowest BCUT2D eigenvalue weighted by atomic mass is 9.99. The highest BCUT2D eigenvalue weighted by Crippen LogP contribution is 2.16. The lowest BCUT2D eigenvalue weighted by Gasteiger charge is -2.06. The van der Waals surface area contributed by atoms with E-state index in [1.165, 1.54) is 19.1 Å². The Morgan fingerprint density at radius 3 is 2.24 bits per heavy atom. The molecule has 1 rings (SSSR count). The highest BCUT2D eigenvalue weighted by Gasteiger charge is 1.98. The Labute approximate surface area is 104 Å². The summed E-state index contributed by atoms with van der Waals surface area (Å²) in [5.41, 5.74) is 1.45. The van der Waals surface area contributed by atoms with Gasteiger partial charge in [0, 0.05) is 7.11 Å². The van der Waals surface area contributed by atoms with Gasteiger partial charge in [0.15, 0.2) is 0 Å². The molecule has 96 valence electrons. The van der Waals surface area contributed by atoms with E-state index in [1.54, 1.807) is 6.92 Å². The standard InChI is InChI=1S/C10H14.C4H9NO2/c1-3-9(2)10-7-5-4-6-8-10;1-4(7-2)5-3-6/h4-9H,3H2,1-2H3;3-4H,1-2H3,(H,5,6). The smallest absolute Gasteiger partial charge is 0.209 e. The SMILES string of the molecule is CCC(C)c1ccccc1.COC(C)NC=O. The predicted octanol–water partition coefficient (Wildman–Crippen LogP) is 2.92. The number of carbonyl (C=O) groups is 1. The number of hydrogen-bond acceptors (Lipinski definition) is 2. The molecule has 0 aliphatic heterocycles. The number of amides is 1. The molecular weight excluding hydrogens is 214 g/mol. The van der Waals surface area contributed by atoms with Gasteiger partial charge in [0.2, 0.25) is 6.41 Å². The molecule has 1 aromatic rings. The van der Waals surface area contributed by atoms with Crippen molar-refractivity contribution in [1.29, 1.82) is 0 Å². The van der Waals surface area contributed by atoms with E-state index in [0.717, 1.165) is 0 Å². The molecule has 0 heterocycles. The average Bonchev–Trinajstić information content (AvgIpc) is 2.39. The molecule has 17 heavy (non-hydrogen) atoms. The van der Waals surface area contributed by atoms with Gasteiger partial charge in [0.25, 0.3) is 0 Å². The molecule has 0 aromatic heterocycles. The second-order valence-corrected chi connectivity index (χ2v) is 3.88. The number of benzene rings is 1. The van der Waals surface area contributed by atoms with Gasteiger partial charge in [-0.2, -0.15) is 0 Å². The first-order chi connectivity index (χ1) is 8.15. The van der Waals surface area contributed by atoms with Crippen molar-refractivity contribution in [2.24, 2.45) is 0 Å². The van der Waals surface area contributed by atoms with E-state index >= 15 is 0 Å². The summed E-state index contributed by atoms with van der Waals surface area (Å²) in [5, 5.41) is 2.39. The van der Waals surface area contributed by atoms with Crippen LogP contribution in [0.2, 0.25) is 0 Å². The van der Waals surface area contributed by atoms with E-state index < -0.39 is 0 Å².